The van der Waals surface area contributed by atoms with Crippen LogP contribution in [-0.4, -0.2) is 140 Å². The Hall–Kier alpha value is -2.31. The lowest BCUT2D eigenvalue weighted by molar-refractivity contribution is -0.359. The normalized spacial score (nSPS) is 24.8. The van der Waals surface area contributed by atoms with Gasteiger partial charge in [0, 0.05) is 6.42 Å². The Morgan fingerprint density at radius 3 is 1.34 bits per heavy atom. The van der Waals surface area contributed by atoms with Crippen LogP contribution in [-0.2, 0) is 23.7 Å². The summed E-state index contributed by atoms with van der Waals surface area (Å²) in [6.07, 6.45) is 48.0. The molecule has 2 aliphatic rings. The van der Waals surface area contributed by atoms with E-state index in [4.69, 9.17) is 18.9 Å². The first-order chi connectivity index (χ1) is 38.6. The van der Waals surface area contributed by atoms with Gasteiger partial charge < -0.3 is 65.1 Å². The lowest BCUT2D eigenvalue weighted by atomic mass is 9.97. The molecule has 14 heteroatoms. The summed E-state index contributed by atoms with van der Waals surface area (Å²) < 4.78 is 22.8. The van der Waals surface area contributed by atoms with Crippen molar-refractivity contribution in [2.45, 2.75) is 325 Å². The molecule has 0 aromatic heterocycles. The van der Waals surface area contributed by atoms with Crippen molar-refractivity contribution < 1.29 is 64.6 Å². The Labute approximate surface area is 479 Å². The molecule has 2 aliphatic heterocycles. The molecule has 0 bridgehead atoms. The molecule has 9 N–H and O–H groups in total. The largest absolute Gasteiger partial charge is 0.394 e. The highest BCUT2D eigenvalue weighted by atomic mass is 16.7. The Bertz CT molecular complexity index is 1560. The van der Waals surface area contributed by atoms with Crippen LogP contribution < -0.4 is 5.32 Å². The fraction of sp³-hybridized carbons (Fsp3) is 0.831. The van der Waals surface area contributed by atoms with Crippen molar-refractivity contribution in [2.75, 3.05) is 19.8 Å². The number of aliphatic hydroxyl groups is 8. The molecule has 12 unspecified atom stereocenters. The predicted octanol–water partition coefficient (Wildman–Crippen LogP) is 11.7. The van der Waals surface area contributed by atoms with E-state index in [-0.39, 0.29) is 12.5 Å². The first kappa shape index (κ1) is 72.8. The van der Waals surface area contributed by atoms with Crippen molar-refractivity contribution in [3.8, 4) is 0 Å². The average molecular weight is 1120 g/mol. The van der Waals surface area contributed by atoms with Crippen molar-refractivity contribution in [2.24, 2.45) is 0 Å². The number of carbonyl (C=O) groups excluding carboxylic acids is 1. The van der Waals surface area contributed by atoms with E-state index in [1.54, 1.807) is 0 Å². The summed E-state index contributed by atoms with van der Waals surface area (Å²) in [7, 11) is 0. The molecule has 2 heterocycles. The average Bonchev–Trinajstić information content (AvgIpc) is 3.55. The Morgan fingerprint density at radius 2 is 0.873 bits per heavy atom. The van der Waals surface area contributed by atoms with Gasteiger partial charge in [-0.25, -0.2) is 0 Å². The van der Waals surface area contributed by atoms with Gasteiger partial charge in [-0.3, -0.25) is 4.79 Å². The van der Waals surface area contributed by atoms with E-state index in [0.29, 0.717) is 12.8 Å². The maximum absolute atomic E-state index is 13.3. The summed E-state index contributed by atoms with van der Waals surface area (Å²) in [6.45, 7) is 2.76. The van der Waals surface area contributed by atoms with E-state index in [9.17, 15) is 45.6 Å². The fourth-order valence-corrected chi connectivity index (χ4v) is 10.4. The minimum Gasteiger partial charge on any atom is -0.394 e. The zero-order valence-electron chi connectivity index (χ0n) is 49.6. The van der Waals surface area contributed by atoms with Gasteiger partial charge in [0.1, 0.15) is 48.8 Å². The van der Waals surface area contributed by atoms with E-state index in [2.05, 4.69) is 79.9 Å². The van der Waals surface area contributed by atoms with E-state index < -0.39 is 86.8 Å². The molecule has 460 valence electrons. The molecule has 0 aromatic rings. The van der Waals surface area contributed by atoms with Crippen LogP contribution in [0.4, 0.5) is 0 Å². The van der Waals surface area contributed by atoms with Crippen molar-refractivity contribution in [3.63, 3.8) is 0 Å². The first-order valence-corrected chi connectivity index (χ1v) is 32.0. The van der Waals surface area contributed by atoms with Gasteiger partial charge >= 0.3 is 0 Å². The van der Waals surface area contributed by atoms with Crippen LogP contribution in [0.15, 0.2) is 60.8 Å². The van der Waals surface area contributed by atoms with Gasteiger partial charge in [-0.1, -0.05) is 248 Å². The lowest BCUT2D eigenvalue weighted by Gasteiger charge is -2.46. The summed E-state index contributed by atoms with van der Waals surface area (Å²) in [6, 6.07) is -0.830. The monoisotopic (exact) mass is 1120 g/mol. The van der Waals surface area contributed by atoms with E-state index >= 15 is 0 Å². The van der Waals surface area contributed by atoms with Crippen molar-refractivity contribution >= 4 is 5.91 Å². The molecular formula is C65H117NO13. The lowest BCUT2D eigenvalue weighted by Crippen LogP contribution is -2.65. The molecule has 12 atom stereocenters. The predicted molar refractivity (Wildman–Crippen MR) is 318 cm³/mol. The number of carbonyl (C=O) groups is 1. The zero-order chi connectivity index (χ0) is 57.4. The molecule has 0 aliphatic carbocycles. The molecule has 0 spiro atoms. The molecule has 79 heavy (non-hydrogen) atoms. The Balaban J connectivity index is 1.65. The first-order valence-electron chi connectivity index (χ1n) is 32.0. The SMILES string of the molecule is CC/C=C\C/C=C\C/C=C\C/C=C\C/C=C\CCCCCCCCCCCCCCCCCC(=O)NC(COC1OC(CO)C(OC2OC(CO)C(O)C(O)C2O)C(O)C1O)C(O)CCCCCCCCCCCCCCCC. The number of rotatable bonds is 51. The quantitative estimate of drug-likeness (QED) is 0.0204. The third-order valence-electron chi connectivity index (χ3n) is 15.5. The van der Waals surface area contributed by atoms with Crippen LogP contribution in [0.5, 0.6) is 0 Å². The van der Waals surface area contributed by atoms with E-state index in [0.717, 1.165) is 83.5 Å². The van der Waals surface area contributed by atoms with Gasteiger partial charge in [-0.05, 0) is 57.8 Å². The van der Waals surface area contributed by atoms with Gasteiger partial charge in [0.25, 0.3) is 0 Å². The second kappa shape index (κ2) is 50.2. The van der Waals surface area contributed by atoms with Gasteiger partial charge in [0.2, 0.25) is 5.91 Å². The number of allylic oxidation sites excluding steroid dienone is 10. The molecule has 0 radical (unpaired) electrons. The molecule has 2 saturated heterocycles. The van der Waals surface area contributed by atoms with Crippen LogP contribution in [0.25, 0.3) is 0 Å². The van der Waals surface area contributed by atoms with Gasteiger partial charge in [-0.2, -0.15) is 0 Å². The summed E-state index contributed by atoms with van der Waals surface area (Å²) in [5.74, 6) is -0.207. The summed E-state index contributed by atoms with van der Waals surface area (Å²) >= 11 is 0. The number of aliphatic hydroxyl groups excluding tert-OH is 8. The number of ether oxygens (including phenoxy) is 4. The molecule has 0 aromatic carbocycles. The topological polar surface area (TPSA) is 228 Å². The number of nitrogens with one attached hydrogen (secondary N) is 1. The number of hydrogen-bond donors (Lipinski definition) is 9. The van der Waals surface area contributed by atoms with Gasteiger partial charge in [0.15, 0.2) is 12.6 Å². The van der Waals surface area contributed by atoms with Crippen LogP contribution in [0.2, 0.25) is 0 Å². The summed E-state index contributed by atoms with van der Waals surface area (Å²) in [5.41, 5.74) is 0. The van der Waals surface area contributed by atoms with Crippen LogP contribution >= 0.6 is 0 Å². The van der Waals surface area contributed by atoms with Crippen molar-refractivity contribution in [1.82, 2.24) is 5.32 Å². The second-order valence-electron chi connectivity index (χ2n) is 22.5. The standard InChI is InChI=1S/C65H117NO13/c1-3-5-7-9-11-13-15-17-19-20-21-22-23-24-25-26-27-28-29-30-31-32-33-34-35-37-39-41-43-45-47-49-57(70)66-53(54(69)48-46-44-42-40-38-36-18-16-14-12-10-8-6-4-2)52-76-64-62(75)60(73)63(56(51-68)78-64)79-65-61(74)59(72)58(71)55(50-67)77-65/h5,7,11,13,17,19,21-22,24-25,53-56,58-65,67-69,71-75H,3-4,6,8-10,12,14-16,18,20,23,26-52H2,1-2H3,(H,66,70)/b7-5-,13-11-,19-17-,22-21-,25-24-. The molecule has 1 amide bonds. The van der Waals surface area contributed by atoms with E-state index in [1.807, 2.05) is 0 Å². The molecule has 14 nitrogen and oxygen atoms in total. The highest BCUT2D eigenvalue weighted by Crippen LogP contribution is 2.30. The Kier molecular flexibility index (Phi) is 46.3. The van der Waals surface area contributed by atoms with Gasteiger partial charge in [-0.15, -0.1) is 0 Å². The van der Waals surface area contributed by atoms with Crippen LogP contribution in [0.1, 0.15) is 251 Å². The minimum atomic E-state index is -1.78. The molecule has 2 rings (SSSR count). The number of hydrogen-bond acceptors (Lipinski definition) is 13. The number of unbranched alkanes of at least 4 members (excludes halogenated alkanes) is 28. The summed E-state index contributed by atoms with van der Waals surface area (Å²) in [4.78, 5) is 13.3. The smallest absolute Gasteiger partial charge is 0.220 e. The third kappa shape index (κ3) is 35.4. The minimum absolute atomic E-state index is 0.207. The van der Waals surface area contributed by atoms with Crippen molar-refractivity contribution in [1.29, 1.82) is 0 Å². The van der Waals surface area contributed by atoms with E-state index in [1.165, 1.54) is 141 Å². The van der Waals surface area contributed by atoms with Gasteiger partial charge in [0.05, 0.1) is 32.0 Å². The maximum atomic E-state index is 13.3. The molecule has 0 saturated carbocycles. The molecular weight excluding hydrogens is 1000 g/mol. The fourth-order valence-electron chi connectivity index (χ4n) is 10.4. The van der Waals surface area contributed by atoms with Crippen LogP contribution in [0.3, 0.4) is 0 Å². The molecule has 2 fully saturated rings. The Morgan fingerprint density at radius 1 is 0.468 bits per heavy atom. The highest BCUT2D eigenvalue weighted by Gasteiger charge is 2.51. The van der Waals surface area contributed by atoms with Crippen molar-refractivity contribution in [3.05, 3.63) is 60.8 Å². The maximum Gasteiger partial charge on any atom is 0.220 e. The van der Waals surface area contributed by atoms with Crippen LogP contribution in [0, 0.1) is 0 Å². The number of amides is 1. The highest BCUT2D eigenvalue weighted by molar-refractivity contribution is 5.76. The second-order valence-corrected chi connectivity index (χ2v) is 22.5. The zero-order valence-corrected chi connectivity index (χ0v) is 49.6. The third-order valence-corrected chi connectivity index (χ3v) is 15.5. The summed E-state index contributed by atoms with van der Waals surface area (Å²) in [5, 5.41) is 87.3.